The molecule has 0 heterocycles. The summed E-state index contributed by atoms with van der Waals surface area (Å²) in [5.74, 6) is -0.825. The van der Waals surface area contributed by atoms with Gasteiger partial charge in [0.05, 0.1) is 13.2 Å². The Labute approximate surface area is 263 Å². The van der Waals surface area contributed by atoms with Crippen LogP contribution in [-0.4, -0.2) is 49.3 Å². The standard InChI is InChI=1S/C33H66NO8P/c1-3-5-7-9-11-13-14-15-16-18-20-22-24-26-33(36)42-31(30-41-43(37,38)40-28-27-34)29-39-32(35)25-23-21-19-17-12-10-8-6-4-2/h31H,3-30,34H2,1-2H3,(H,37,38)/t31-/m1/s1. The van der Waals surface area contributed by atoms with E-state index >= 15 is 0 Å². The van der Waals surface area contributed by atoms with E-state index in [0.29, 0.717) is 6.42 Å². The number of phosphoric acid groups is 1. The zero-order valence-electron chi connectivity index (χ0n) is 27.7. The van der Waals surface area contributed by atoms with Crippen molar-refractivity contribution < 1.29 is 37.6 Å². The second-order valence-electron chi connectivity index (χ2n) is 11.8. The molecule has 0 spiro atoms. The van der Waals surface area contributed by atoms with Crippen molar-refractivity contribution in [3.05, 3.63) is 0 Å². The van der Waals surface area contributed by atoms with Gasteiger partial charge in [-0.2, -0.15) is 0 Å². The van der Waals surface area contributed by atoms with E-state index in [1.807, 2.05) is 0 Å². The Morgan fingerprint density at radius 3 is 1.42 bits per heavy atom. The summed E-state index contributed by atoms with van der Waals surface area (Å²) in [4.78, 5) is 34.5. The minimum absolute atomic E-state index is 0.0575. The lowest BCUT2D eigenvalue weighted by Gasteiger charge is -2.19. The van der Waals surface area contributed by atoms with Crippen molar-refractivity contribution in [3.8, 4) is 0 Å². The molecule has 0 saturated heterocycles. The molecule has 3 N–H and O–H groups in total. The first-order valence-electron chi connectivity index (χ1n) is 17.5. The van der Waals surface area contributed by atoms with Gasteiger partial charge in [0.15, 0.2) is 6.10 Å². The first kappa shape index (κ1) is 42.0. The lowest BCUT2D eigenvalue weighted by molar-refractivity contribution is -0.161. The number of esters is 2. The number of phosphoric ester groups is 1. The van der Waals surface area contributed by atoms with E-state index in [1.54, 1.807) is 0 Å². The molecule has 0 aromatic carbocycles. The van der Waals surface area contributed by atoms with Gasteiger partial charge in [-0.3, -0.25) is 18.6 Å². The first-order valence-corrected chi connectivity index (χ1v) is 19.0. The van der Waals surface area contributed by atoms with E-state index in [0.717, 1.165) is 32.1 Å². The van der Waals surface area contributed by atoms with Gasteiger partial charge < -0.3 is 20.1 Å². The number of hydrogen-bond acceptors (Lipinski definition) is 8. The van der Waals surface area contributed by atoms with Gasteiger partial charge >= 0.3 is 19.8 Å². The molecular weight excluding hydrogens is 569 g/mol. The average Bonchev–Trinajstić information content (AvgIpc) is 2.99. The molecule has 0 saturated carbocycles. The van der Waals surface area contributed by atoms with Crippen LogP contribution in [-0.2, 0) is 32.7 Å². The lowest BCUT2D eigenvalue weighted by atomic mass is 10.0. The summed E-state index contributed by atoms with van der Waals surface area (Å²) in [5, 5.41) is 0. The molecule has 256 valence electrons. The van der Waals surface area contributed by atoms with Crippen molar-refractivity contribution in [1.82, 2.24) is 0 Å². The summed E-state index contributed by atoms with van der Waals surface area (Å²) in [6.07, 6.45) is 25.6. The molecule has 0 bridgehead atoms. The quantitative estimate of drug-likeness (QED) is 0.0411. The van der Waals surface area contributed by atoms with Gasteiger partial charge in [0.25, 0.3) is 0 Å². The van der Waals surface area contributed by atoms with Gasteiger partial charge in [-0.25, -0.2) is 4.57 Å². The molecule has 0 rings (SSSR count). The predicted octanol–water partition coefficient (Wildman–Crippen LogP) is 8.94. The topological polar surface area (TPSA) is 134 Å². The first-order chi connectivity index (χ1) is 20.8. The van der Waals surface area contributed by atoms with Gasteiger partial charge in [-0.15, -0.1) is 0 Å². The van der Waals surface area contributed by atoms with Crippen LogP contribution in [0.3, 0.4) is 0 Å². The number of ether oxygens (including phenoxy) is 2. The molecule has 9 nitrogen and oxygen atoms in total. The number of nitrogens with two attached hydrogens (primary N) is 1. The maximum Gasteiger partial charge on any atom is 0.472 e. The average molecular weight is 636 g/mol. The summed E-state index contributed by atoms with van der Waals surface area (Å²) in [7, 11) is -4.35. The van der Waals surface area contributed by atoms with Crippen LogP contribution < -0.4 is 5.73 Å². The van der Waals surface area contributed by atoms with Crippen LogP contribution in [0, 0.1) is 0 Å². The van der Waals surface area contributed by atoms with Crippen molar-refractivity contribution in [1.29, 1.82) is 0 Å². The Morgan fingerprint density at radius 2 is 1.00 bits per heavy atom. The fourth-order valence-electron chi connectivity index (χ4n) is 4.87. The number of unbranched alkanes of at least 4 members (excludes halogenated alkanes) is 20. The molecule has 1 unspecified atom stereocenters. The van der Waals surface area contributed by atoms with Crippen molar-refractivity contribution in [3.63, 3.8) is 0 Å². The van der Waals surface area contributed by atoms with Crippen molar-refractivity contribution in [2.24, 2.45) is 5.73 Å². The molecule has 0 aliphatic heterocycles. The van der Waals surface area contributed by atoms with E-state index in [4.69, 9.17) is 24.3 Å². The molecular formula is C33H66NO8P. The monoisotopic (exact) mass is 635 g/mol. The van der Waals surface area contributed by atoms with Crippen LogP contribution in [0.5, 0.6) is 0 Å². The Morgan fingerprint density at radius 1 is 0.605 bits per heavy atom. The highest BCUT2D eigenvalue weighted by atomic mass is 31.2. The van der Waals surface area contributed by atoms with Crippen molar-refractivity contribution >= 4 is 19.8 Å². The second kappa shape index (κ2) is 31.0. The molecule has 2 atom stereocenters. The fraction of sp³-hybridized carbons (Fsp3) is 0.939. The molecule has 0 amide bonds. The molecule has 0 aliphatic rings. The molecule has 0 aromatic rings. The Hall–Kier alpha value is -0.990. The fourth-order valence-corrected chi connectivity index (χ4v) is 5.63. The summed E-state index contributed by atoms with van der Waals surface area (Å²) < 4.78 is 32.5. The van der Waals surface area contributed by atoms with Crippen LogP contribution in [0.4, 0.5) is 0 Å². The maximum atomic E-state index is 12.5. The van der Waals surface area contributed by atoms with Gasteiger partial charge in [-0.05, 0) is 12.8 Å². The molecule has 43 heavy (non-hydrogen) atoms. The second-order valence-corrected chi connectivity index (χ2v) is 13.2. The summed E-state index contributed by atoms with van der Waals surface area (Å²) in [6.45, 7) is 3.70. The van der Waals surface area contributed by atoms with Gasteiger partial charge in [0.2, 0.25) is 0 Å². The largest absolute Gasteiger partial charge is 0.472 e. The van der Waals surface area contributed by atoms with Crippen LogP contribution in [0.1, 0.15) is 168 Å². The molecule has 0 radical (unpaired) electrons. The summed E-state index contributed by atoms with van der Waals surface area (Å²) >= 11 is 0. The zero-order valence-corrected chi connectivity index (χ0v) is 28.6. The van der Waals surface area contributed by atoms with E-state index < -0.39 is 26.5 Å². The highest BCUT2D eigenvalue weighted by molar-refractivity contribution is 7.47. The molecule has 0 aliphatic carbocycles. The Balaban J connectivity index is 4.24. The van der Waals surface area contributed by atoms with E-state index in [-0.39, 0.29) is 38.6 Å². The number of rotatable bonds is 33. The lowest BCUT2D eigenvalue weighted by Crippen LogP contribution is -2.29. The Bertz CT molecular complexity index is 694. The van der Waals surface area contributed by atoms with Crippen LogP contribution in [0.2, 0.25) is 0 Å². The van der Waals surface area contributed by atoms with E-state index in [1.165, 1.54) is 103 Å². The summed E-state index contributed by atoms with van der Waals surface area (Å²) in [6, 6.07) is 0. The van der Waals surface area contributed by atoms with Crippen LogP contribution >= 0.6 is 7.82 Å². The Kier molecular flexibility index (Phi) is 30.3. The van der Waals surface area contributed by atoms with E-state index in [9.17, 15) is 19.0 Å². The number of carbonyl (C=O) groups excluding carboxylic acids is 2. The minimum atomic E-state index is -4.35. The zero-order chi connectivity index (χ0) is 31.9. The molecule has 0 aromatic heterocycles. The highest BCUT2D eigenvalue weighted by Crippen LogP contribution is 2.43. The van der Waals surface area contributed by atoms with Gasteiger partial charge in [-0.1, -0.05) is 142 Å². The third kappa shape index (κ3) is 30.8. The van der Waals surface area contributed by atoms with Crippen molar-refractivity contribution in [2.75, 3.05) is 26.4 Å². The van der Waals surface area contributed by atoms with E-state index in [2.05, 4.69) is 13.8 Å². The van der Waals surface area contributed by atoms with Gasteiger partial charge in [0, 0.05) is 19.4 Å². The molecule has 0 fully saturated rings. The number of hydrogen-bond donors (Lipinski definition) is 2. The van der Waals surface area contributed by atoms with Crippen LogP contribution in [0.15, 0.2) is 0 Å². The predicted molar refractivity (Wildman–Crippen MR) is 174 cm³/mol. The van der Waals surface area contributed by atoms with Gasteiger partial charge in [0.1, 0.15) is 6.61 Å². The highest BCUT2D eigenvalue weighted by Gasteiger charge is 2.25. The SMILES string of the molecule is CCCCCCCCCCCCCCCC(=O)O[C@H](COC(=O)CCCCCCCCCCC)COP(=O)(O)OCCN. The third-order valence-electron chi connectivity index (χ3n) is 7.49. The van der Waals surface area contributed by atoms with Crippen LogP contribution in [0.25, 0.3) is 0 Å². The maximum absolute atomic E-state index is 12.5. The minimum Gasteiger partial charge on any atom is -0.462 e. The van der Waals surface area contributed by atoms with Crippen molar-refractivity contribution in [2.45, 2.75) is 174 Å². The summed E-state index contributed by atoms with van der Waals surface area (Å²) in [5.41, 5.74) is 5.31. The number of carbonyl (C=O) groups is 2. The smallest absolute Gasteiger partial charge is 0.462 e. The normalized spacial score (nSPS) is 13.5. The molecule has 10 heteroatoms. The third-order valence-corrected chi connectivity index (χ3v) is 8.48.